The number of anilines is 1. The first kappa shape index (κ1) is 13.2. The summed E-state index contributed by atoms with van der Waals surface area (Å²) in [6, 6.07) is 6.17. The van der Waals surface area contributed by atoms with E-state index in [1.165, 1.54) is 0 Å². The molecular formula is C12H14BrClN2S. The van der Waals surface area contributed by atoms with Gasteiger partial charge < -0.3 is 5.32 Å². The summed E-state index contributed by atoms with van der Waals surface area (Å²) in [4.78, 5) is 4.65. The van der Waals surface area contributed by atoms with E-state index in [0.717, 1.165) is 21.1 Å². The van der Waals surface area contributed by atoms with E-state index in [1.807, 2.05) is 18.2 Å². The molecular weight excluding hydrogens is 320 g/mol. The Labute approximate surface area is 119 Å². The van der Waals surface area contributed by atoms with Crippen LogP contribution in [-0.2, 0) is 0 Å². The quantitative estimate of drug-likeness (QED) is 0.852. The Kier molecular flexibility index (Phi) is 4.39. The third-order valence-electron chi connectivity index (χ3n) is 2.61. The molecule has 5 heteroatoms. The summed E-state index contributed by atoms with van der Waals surface area (Å²) in [5, 5.41) is 4.96. The smallest absolute Gasteiger partial charge is 0.161 e. The molecule has 1 N–H and O–H groups in total. The average molecular weight is 334 g/mol. The Bertz CT molecular complexity index is 448. The second-order valence-electron chi connectivity index (χ2n) is 4.31. The number of amidine groups is 1. The molecule has 0 aromatic heterocycles. The molecule has 0 amide bonds. The van der Waals surface area contributed by atoms with Gasteiger partial charge in [0.25, 0.3) is 0 Å². The van der Waals surface area contributed by atoms with Crippen molar-refractivity contribution in [2.24, 2.45) is 10.9 Å². The molecule has 0 fully saturated rings. The summed E-state index contributed by atoms with van der Waals surface area (Å²) in [7, 11) is 0. The Hall–Kier alpha value is -0.190. The van der Waals surface area contributed by atoms with Crippen LogP contribution in [0.4, 0.5) is 5.69 Å². The third-order valence-corrected chi connectivity index (χ3v) is 4.43. The second-order valence-corrected chi connectivity index (χ2v) is 6.64. The first-order valence-electron chi connectivity index (χ1n) is 5.49. The lowest BCUT2D eigenvalue weighted by atomic mass is 10.1. The number of hydrogen-bond donors (Lipinski definition) is 1. The molecule has 0 aliphatic carbocycles. The maximum Gasteiger partial charge on any atom is 0.161 e. The maximum absolute atomic E-state index is 6.13. The van der Waals surface area contributed by atoms with Gasteiger partial charge in [-0.3, -0.25) is 4.99 Å². The molecule has 1 atom stereocenters. The number of benzene rings is 1. The van der Waals surface area contributed by atoms with Crippen LogP contribution in [0.25, 0.3) is 0 Å². The summed E-state index contributed by atoms with van der Waals surface area (Å²) in [6.07, 6.45) is 0. The molecule has 92 valence electrons. The minimum Gasteiger partial charge on any atom is -0.334 e. The van der Waals surface area contributed by atoms with Crippen LogP contribution >= 0.6 is 39.3 Å². The Morgan fingerprint density at radius 3 is 2.94 bits per heavy atom. The van der Waals surface area contributed by atoms with Crippen LogP contribution in [-0.4, -0.2) is 17.0 Å². The zero-order valence-corrected chi connectivity index (χ0v) is 12.9. The fraction of sp³-hybridized carbons (Fsp3) is 0.417. The second kappa shape index (κ2) is 5.63. The Balaban J connectivity index is 2.11. The van der Waals surface area contributed by atoms with Gasteiger partial charge in [-0.05, 0) is 24.1 Å². The minimum absolute atomic E-state index is 0.411. The Morgan fingerprint density at radius 2 is 2.29 bits per heavy atom. The van der Waals surface area contributed by atoms with Crippen LogP contribution in [0.15, 0.2) is 27.7 Å². The number of halogens is 2. The van der Waals surface area contributed by atoms with E-state index < -0.39 is 0 Å². The first-order valence-corrected chi connectivity index (χ1v) is 7.64. The van der Waals surface area contributed by atoms with Crippen molar-refractivity contribution >= 4 is 50.1 Å². The van der Waals surface area contributed by atoms with Gasteiger partial charge in [0.2, 0.25) is 0 Å². The number of nitrogens with zero attached hydrogens (tertiary/aromatic N) is 1. The summed E-state index contributed by atoms with van der Waals surface area (Å²) < 4.78 is 1.01. The summed E-state index contributed by atoms with van der Waals surface area (Å²) in [6.45, 7) is 4.40. The average Bonchev–Trinajstić information content (AvgIpc) is 2.72. The molecule has 2 rings (SSSR count). The van der Waals surface area contributed by atoms with Crippen molar-refractivity contribution < 1.29 is 0 Å². The van der Waals surface area contributed by atoms with Gasteiger partial charge in [-0.25, -0.2) is 0 Å². The van der Waals surface area contributed by atoms with Gasteiger partial charge in [0.1, 0.15) is 0 Å². The van der Waals surface area contributed by atoms with Crippen LogP contribution in [0, 0.1) is 5.92 Å². The highest BCUT2D eigenvalue weighted by Gasteiger charge is 2.21. The lowest BCUT2D eigenvalue weighted by Crippen LogP contribution is -2.12. The molecule has 1 aromatic carbocycles. The van der Waals surface area contributed by atoms with Crippen LogP contribution in [0.3, 0.4) is 0 Å². The zero-order chi connectivity index (χ0) is 12.4. The van der Waals surface area contributed by atoms with Crippen LogP contribution in [0.2, 0.25) is 5.02 Å². The van der Waals surface area contributed by atoms with Crippen LogP contribution in [0.5, 0.6) is 0 Å². The van der Waals surface area contributed by atoms with Crippen molar-refractivity contribution in [1.29, 1.82) is 0 Å². The zero-order valence-electron chi connectivity index (χ0n) is 9.71. The third kappa shape index (κ3) is 3.39. The molecule has 1 aromatic rings. The normalized spacial score (nSPS) is 19.6. The first-order chi connectivity index (χ1) is 8.06. The number of thioether (sulfide) groups is 1. The van der Waals surface area contributed by atoms with Gasteiger partial charge in [-0.1, -0.05) is 53.1 Å². The van der Waals surface area contributed by atoms with Gasteiger partial charge >= 0.3 is 0 Å². The monoisotopic (exact) mass is 332 g/mol. The molecule has 0 bridgehead atoms. The molecule has 0 radical (unpaired) electrons. The van der Waals surface area contributed by atoms with Gasteiger partial charge in [0.15, 0.2) is 5.17 Å². The van der Waals surface area contributed by atoms with Crippen molar-refractivity contribution in [3.8, 4) is 0 Å². The molecule has 0 saturated carbocycles. The number of hydrogen-bond acceptors (Lipinski definition) is 3. The van der Waals surface area contributed by atoms with Crippen molar-refractivity contribution in [2.45, 2.75) is 19.9 Å². The highest BCUT2D eigenvalue weighted by molar-refractivity contribution is 9.10. The molecule has 0 saturated heterocycles. The molecule has 17 heavy (non-hydrogen) atoms. The molecule has 1 heterocycles. The lowest BCUT2D eigenvalue weighted by molar-refractivity contribution is 0.543. The highest BCUT2D eigenvalue weighted by atomic mass is 79.9. The van der Waals surface area contributed by atoms with Crippen LogP contribution < -0.4 is 5.32 Å². The van der Waals surface area contributed by atoms with E-state index in [9.17, 15) is 0 Å². The van der Waals surface area contributed by atoms with E-state index in [0.29, 0.717) is 17.0 Å². The van der Waals surface area contributed by atoms with E-state index in [2.05, 4.69) is 40.1 Å². The van der Waals surface area contributed by atoms with Crippen molar-refractivity contribution in [2.75, 3.05) is 11.1 Å². The molecule has 1 unspecified atom stereocenters. The van der Waals surface area contributed by atoms with E-state index in [1.54, 1.807) is 11.8 Å². The summed E-state index contributed by atoms with van der Waals surface area (Å²) in [5.74, 6) is 1.63. The predicted octanol–water partition coefficient (Wildman–Crippen LogP) is 4.64. The van der Waals surface area contributed by atoms with Crippen molar-refractivity contribution in [3.63, 3.8) is 0 Å². The van der Waals surface area contributed by atoms with E-state index >= 15 is 0 Å². The fourth-order valence-electron chi connectivity index (χ4n) is 1.51. The maximum atomic E-state index is 6.13. The molecule has 1 aliphatic heterocycles. The van der Waals surface area contributed by atoms with Gasteiger partial charge in [-0.15, -0.1) is 0 Å². The number of nitrogens with one attached hydrogen (secondary N) is 1. The lowest BCUT2D eigenvalue weighted by Gasteiger charge is -2.08. The van der Waals surface area contributed by atoms with E-state index in [-0.39, 0.29) is 0 Å². The molecule has 0 spiro atoms. The van der Waals surface area contributed by atoms with Crippen molar-refractivity contribution in [3.05, 3.63) is 27.7 Å². The fourth-order valence-corrected chi connectivity index (χ4v) is 3.21. The largest absolute Gasteiger partial charge is 0.334 e. The summed E-state index contributed by atoms with van der Waals surface area (Å²) in [5.41, 5.74) is 0.900. The minimum atomic E-state index is 0.411. The van der Waals surface area contributed by atoms with E-state index in [4.69, 9.17) is 11.6 Å². The van der Waals surface area contributed by atoms with Crippen LogP contribution in [0.1, 0.15) is 13.8 Å². The number of aliphatic imine (C=N–C) groups is 1. The van der Waals surface area contributed by atoms with Gasteiger partial charge in [0.05, 0.1) is 16.8 Å². The number of rotatable bonds is 2. The van der Waals surface area contributed by atoms with Gasteiger partial charge in [0, 0.05) is 10.2 Å². The predicted molar refractivity (Wildman–Crippen MR) is 81.3 cm³/mol. The Morgan fingerprint density at radius 1 is 1.53 bits per heavy atom. The molecule has 1 aliphatic rings. The molecule has 2 nitrogen and oxygen atoms in total. The topological polar surface area (TPSA) is 24.4 Å². The standard InChI is InChI=1S/C12H14BrClN2S/c1-7(2)11-6-17-12(16-11)15-10-5-8(13)3-4-9(10)14/h3-5,7,11H,6H2,1-2H3,(H,15,16). The summed E-state index contributed by atoms with van der Waals surface area (Å²) >= 11 is 11.3. The van der Waals surface area contributed by atoms with Gasteiger partial charge in [-0.2, -0.15) is 0 Å². The highest BCUT2D eigenvalue weighted by Crippen LogP contribution is 2.29. The SMILES string of the molecule is CC(C)C1CSC(Nc2cc(Br)ccc2Cl)=N1. The van der Waals surface area contributed by atoms with Crippen molar-refractivity contribution in [1.82, 2.24) is 0 Å².